The Bertz CT molecular complexity index is 1600. The summed E-state index contributed by atoms with van der Waals surface area (Å²) in [6, 6.07) is 29.8. The summed E-state index contributed by atoms with van der Waals surface area (Å²) in [4.78, 5) is 5.64. The highest BCUT2D eigenvalue weighted by Crippen LogP contribution is 2.42. The van der Waals surface area contributed by atoms with Crippen molar-refractivity contribution < 1.29 is 17.5 Å². The van der Waals surface area contributed by atoms with E-state index in [1.165, 1.54) is 29.7 Å². The van der Waals surface area contributed by atoms with E-state index in [4.69, 9.17) is 9.72 Å². The molecule has 0 radical (unpaired) electrons. The fraction of sp³-hybridized carbons (Fsp3) is 0.0357. The number of nitrogens with zero attached hydrogens (tertiary/aromatic N) is 1. The molecule has 5 aromatic rings. The van der Waals surface area contributed by atoms with E-state index in [0.29, 0.717) is 32.6 Å². The molecule has 0 amide bonds. The predicted octanol–water partition coefficient (Wildman–Crippen LogP) is 7.56. The van der Waals surface area contributed by atoms with Crippen molar-refractivity contribution in [2.24, 2.45) is 0 Å². The van der Waals surface area contributed by atoms with E-state index < -0.39 is 9.84 Å². The van der Waals surface area contributed by atoms with Crippen molar-refractivity contribution in [1.29, 1.82) is 0 Å². The highest BCUT2D eigenvalue weighted by Gasteiger charge is 2.21. The van der Waals surface area contributed by atoms with E-state index in [1.54, 1.807) is 36.4 Å². The Hall–Kier alpha value is -4.01. The quantitative estimate of drug-likeness (QED) is 0.242. The van der Waals surface area contributed by atoms with Crippen LogP contribution in [0.1, 0.15) is 0 Å². The third kappa shape index (κ3) is 5.30. The number of sulfone groups is 1. The molecule has 1 heterocycles. The zero-order valence-corrected chi connectivity index (χ0v) is 20.8. The van der Waals surface area contributed by atoms with Crippen LogP contribution in [0, 0.1) is 5.82 Å². The molecule has 1 N–H and O–H groups in total. The van der Waals surface area contributed by atoms with Gasteiger partial charge in [0.05, 0.1) is 15.5 Å². The van der Waals surface area contributed by atoms with Crippen molar-refractivity contribution in [3.8, 4) is 33.2 Å². The number of rotatable bonds is 7. The van der Waals surface area contributed by atoms with Crippen molar-refractivity contribution in [1.82, 2.24) is 4.98 Å². The number of ether oxygens (including phenoxy) is 1. The summed E-state index contributed by atoms with van der Waals surface area (Å²) in [7, 11) is -3.48. The van der Waals surface area contributed by atoms with Gasteiger partial charge in [0.25, 0.3) is 0 Å². The van der Waals surface area contributed by atoms with Crippen LogP contribution in [0.3, 0.4) is 0 Å². The molecule has 1 aromatic heterocycles. The number of aromatic nitrogens is 1. The van der Waals surface area contributed by atoms with E-state index in [9.17, 15) is 12.8 Å². The fourth-order valence-electron chi connectivity index (χ4n) is 3.69. The topological polar surface area (TPSA) is 68.3 Å². The van der Waals surface area contributed by atoms with Crippen LogP contribution in [0.15, 0.2) is 108 Å². The summed E-state index contributed by atoms with van der Waals surface area (Å²) in [6.07, 6.45) is 1.18. The number of para-hydroxylation sites is 1. The largest absolute Gasteiger partial charge is 0.457 e. The third-order valence-corrected chi connectivity index (χ3v) is 7.52. The monoisotopic (exact) mass is 516 g/mol. The van der Waals surface area contributed by atoms with Crippen LogP contribution < -0.4 is 10.1 Å². The maximum absolute atomic E-state index is 13.6. The molecule has 0 atom stereocenters. The second-order valence-corrected chi connectivity index (χ2v) is 11.0. The molecule has 4 aromatic carbocycles. The normalized spacial score (nSPS) is 11.3. The molecule has 0 saturated heterocycles. The number of anilines is 2. The van der Waals surface area contributed by atoms with Crippen molar-refractivity contribution >= 4 is 32.0 Å². The molecule has 0 bridgehead atoms. The summed E-state index contributed by atoms with van der Waals surface area (Å²) in [6.45, 7) is 0. The Morgan fingerprint density at radius 2 is 1.44 bits per heavy atom. The SMILES string of the molecule is CS(=O)(=O)c1ccccc1-c1sc(Nc2ccc(Oc3ccccc3)cc2)nc1-c1ccc(F)cc1. The van der Waals surface area contributed by atoms with Gasteiger partial charge in [-0.25, -0.2) is 17.8 Å². The van der Waals surface area contributed by atoms with Gasteiger partial charge in [-0.05, 0) is 66.7 Å². The van der Waals surface area contributed by atoms with Crippen molar-refractivity contribution in [3.05, 3.63) is 109 Å². The van der Waals surface area contributed by atoms with E-state index in [2.05, 4.69) is 5.32 Å². The van der Waals surface area contributed by atoms with Crippen molar-refractivity contribution in [2.45, 2.75) is 4.90 Å². The Morgan fingerprint density at radius 3 is 2.14 bits per heavy atom. The Morgan fingerprint density at radius 1 is 0.806 bits per heavy atom. The first-order valence-electron chi connectivity index (χ1n) is 11.0. The maximum Gasteiger partial charge on any atom is 0.188 e. The summed E-state index contributed by atoms with van der Waals surface area (Å²) in [5, 5.41) is 3.87. The minimum absolute atomic E-state index is 0.214. The minimum atomic E-state index is -3.48. The van der Waals surface area contributed by atoms with Crippen LogP contribution in [-0.4, -0.2) is 19.7 Å². The highest BCUT2D eigenvalue weighted by atomic mass is 32.2. The van der Waals surface area contributed by atoms with Gasteiger partial charge in [-0.3, -0.25) is 0 Å². The smallest absolute Gasteiger partial charge is 0.188 e. The molecule has 0 aliphatic rings. The Balaban J connectivity index is 1.50. The first-order valence-corrected chi connectivity index (χ1v) is 13.7. The maximum atomic E-state index is 13.6. The number of thiazole rings is 1. The molecule has 8 heteroatoms. The lowest BCUT2D eigenvalue weighted by atomic mass is 10.1. The number of hydrogen-bond acceptors (Lipinski definition) is 6. The van der Waals surface area contributed by atoms with Crippen molar-refractivity contribution in [3.63, 3.8) is 0 Å². The van der Waals surface area contributed by atoms with Crippen LogP contribution in [0.5, 0.6) is 11.5 Å². The first-order chi connectivity index (χ1) is 17.4. The summed E-state index contributed by atoms with van der Waals surface area (Å²) in [5.74, 6) is 1.08. The van der Waals surface area contributed by atoms with Gasteiger partial charge in [0, 0.05) is 23.1 Å². The molecule has 36 heavy (non-hydrogen) atoms. The van der Waals surface area contributed by atoms with Gasteiger partial charge in [-0.1, -0.05) is 47.7 Å². The number of nitrogens with one attached hydrogen (secondary N) is 1. The molecule has 180 valence electrons. The first kappa shape index (κ1) is 23.7. The molecule has 0 aliphatic heterocycles. The summed E-state index contributed by atoms with van der Waals surface area (Å²) < 4.78 is 44.4. The Kier molecular flexibility index (Phi) is 6.54. The minimum Gasteiger partial charge on any atom is -0.457 e. The summed E-state index contributed by atoms with van der Waals surface area (Å²) in [5.41, 5.74) is 2.60. The van der Waals surface area contributed by atoms with E-state index >= 15 is 0 Å². The average Bonchev–Trinajstić information content (AvgIpc) is 3.29. The van der Waals surface area contributed by atoms with Gasteiger partial charge in [0.15, 0.2) is 15.0 Å². The lowest BCUT2D eigenvalue weighted by Crippen LogP contribution is -1.99. The second-order valence-electron chi connectivity index (χ2n) is 8.04. The zero-order valence-electron chi connectivity index (χ0n) is 19.2. The number of benzene rings is 4. The van der Waals surface area contributed by atoms with Gasteiger partial charge in [0.1, 0.15) is 17.3 Å². The van der Waals surface area contributed by atoms with Crippen LogP contribution in [-0.2, 0) is 9.84 Å². The molecule has 0 aliphatic carbocycles. The van der Waals surface area contributed by atoms with Crippen LogP contribution in [0.4, 0.5) is 15.2 Å². The molecule has 5 nitrogen and oxygen atoms in total. The van der Waals surface area contributed by atoms with Gasteiger partial charge in [0.2, 0.25) is 0 Å². The van der Waals surface area contributed by atoms with E-state index in [0.717, 1.165) is 11.4 Å². The number of halogens is 1. The second kappa shape index (κ2) is 9.93. The fourth-order valence-corrected chi connectivity index (χ4v) is 5.70. The van der Waals surface area contributed by atoms with E-state index in [-0.39, 0.29) is 10.7 Å². The van der Waals surface area contributed by atoms with Crippen LogP contribution in [0.2, 0.25) is 0 Å². The van der Waals surface area contributed by atoms with Gasteiger partial charge in [-0.2, -0.15) is 0 Å². The lowest BCUT2D eigenvalue weighted by molar-refractivity contribution is 0.483. The standard InChI is InChI=1S/C28H21FN2O3S2/c1-36(32,33)25-10-6-5-9-24(25)27-26(19-11-13-20(29)14-12-19)31-28(35-27)30-21-15-17-23(18-16-21)34-22-7-3-2-4-8-22/h2-18H,1H3,(H,30,31). The molecular formula is C28H21FN2O3S2. The molecule has 0 spiro atoms. The molecule has 0 unspecified atom stereocenters. The lowest BCUT2D eigenvalue weighted by Gasteiger charge is -2.08. The van der Waals surface area contributed by atoms with Gasteiger partial charge < -0.3 is 10.1 Å². The highest BCUT2D eigenvalue weighted by molar-refractivity contribution is 7.90. The molecule has 5 rings (SSSR count). The zero-order chi connectivity index (χ0) is 25.1. The van der Waals surface area contributed by atoms with Crippen molar-refractivity contribution in [2.75, 3.05) is 11.6 Å². The van der Waals surface area contributed by atoms with E-state index in [1.807, 2.05) is 54.6 Å². The summed E-state index contributed by atoms with van der Waals surface area (Å²) >= 11 is 1.33. The molecule has 0 fully saturated rings. The Labute approximate surface area is 212 Å². The van der Waals surface area contributed by atoms with Gasteiger partial charge >= 0.3 is 0 Å². The number of hydrogen-bond donors (Lipinski definition) is 1. The van der Waals surface area contributed by atoms with Gasteiger partial charge in [-0.15, -0.1) is 0 Å². The molecular weight excluding hydrogens is 495 g/mol. The predicted molar refractivity (Wildman–Crippen MR) is 142 cm³/mol. The van der Waals surface area contributed by atoms with Crippen LogP contribution in [0.25, 0.3) is 21.7 Å². The van der Waals surface area contributed by atoms with Crippen LogP contribution >= 0.6 is 11.3 Å². The molecule has 0 saturated carbocycles. The average molecular weight is 517 g/mol. The third-order valence-electron chi connectivity index (χ3n) is 5.36.